The van der Waals surface area contributed by atoms with Gasteiger partial charge in [0.15, 0.2) is 0 Å². The number of ether oxygens (including phenoxy) is 1. The molecular formula is C17H17ClO2. The first kappa shape index (κ1) is 14.6. The Morgan fingerprint density at radius 3 is 2.30 bits per heavy atom. The molecule has 3 heteroatoms. The van der Waals surface area contributed by atoms with Gasteiger partial charge in [-0.15, -0.1) is 0 Å². The molecule has 2 aromatic carbocycles. The number of benzene rings is 2. The van der Waals surface area contributed by atoms with Gasteiger partial charge in [0.05, 0.1) is 6.61 Å². The predicted octanol–water partition coefficient (Wildman–Crippen LogP) is 4.47. The van der Waals surface area contributed by atoms with Gasteiger partial charge in [0.2, 0.25) is 0 Å². The van der Waals surface area contributed by atoms with E-state index in [-0.39, 0.29) is 0 Å². The summed E-state index contributed by atoms with van der Waals surface area (Å²) in [6.07, 6.45) is 3.18. The van der Waals surface area contributed by atoms with E-state index in [4.69, 9.17) is 16.3 Å². The van der Waals surface area contributed by atoms with Crippen LogP contribution in [0.3, 0.4) is 0 Å². The van der Waals surface area contributed by atoms with E-state index in [0.717, 1.165) is 25.0 Å². The van der Waals surface area contributed by atoms with Gasteiger partial charge >= 0.3 is 0 Å². The summed E-state index contributed by atoms with van der Waals surface area (Å²) in [5.74, 6) is 0.770. The second-order valence-electron chi connectivity index (χ2n) is 4.59. The lowest BCUT2D eigenvalue weighted by atomic mass is 10.1. The molecule has 0 radical (unpaired) electrons. The molecule has 2 nitrogen and oxygen atoms in total. The smallest absolute Gasteiger partial charge is 0.252 e. The summed E-state index contributed by atoms with van der Waals surface area (Å²) in [6, 6.07) is 17.3. The lowest BCUT2D eigenvalue weighted by molar-refractivity contribution is 0.108. The average molecular weight is 289 g/mol. The highest BCUT2D eigenvalue weighted by Crippen LogP contribution is 2.14. The van der Waals surface area contributed by atoms with E-state index in [1.807, 2.05) is 6.07 Å². The van der Waals surface area contributed by atoms with Crippen molar-refractivity contribution < 1.29 is 9.53 Å². The maximum Gasteiger partial charge on any atom is 0.252 e. The number of unbranched alkanes of at least 4 members (excludes halogenated alkanes) is 1. The highest BCUT2D eigenvalue weighted by Gasteiger charge is 2.01. The van der Waals surface area contributed by atoms with Crippen molar-refractivity contribution in [2.75, 3.05) is 6.61 Å². The summed E-state index contributed by atoms with van der Waals surface area (Å²) in [4.78, 5) is 10.9. The van der Waals surface area contributed by atoms with E-state index >= 15 is 0 Å². The zero-order chi connectivity index (χ0) is 14.2. The second kappa shape index (κ2) is 7.71. The van der Waals surface area contributed by atoms with Crippen LogP contribution in [0.2, 0.25) is 0 Å². The van der Waals surface area contributed by atoms with Crippen LogP contribution in [0, 0.1) is 0 Å². The second-order valence-corrected chi connectivity index (χ2v) is 4.93. The Bertz CT molecular complexity index is 535. The molecule has 104 valence electrons. The van der Waals surface area contributed by atoms with Gasteiger partial charge in [-0.05, 0) is 60.7 Å². The number of hydrogen-bond acceptors (Lipinski definition) is 2. The fourth-order valence-electron chi connectivity index (χ4n) is 1.95. The third-order valence-corrected chi connectivity index (χ3v) is 3.27. The van der Waals surface area contributed by atoms with Gasteiger partial charge in [-0.3, -0.25) is 4.79 Å². The minimum atomic E-state index is -0.445. The van der Waals surface area contributed by atoms with Gasteiger partial charge in [-0.1, -0.05) is 30.3 Å². The minimum Gasteiger partial charge on any atom is -0.494 e. The highest BCUT2D eigenvalue weighted by atomic mass is 35.5. The van der Waals surface area contributed by atoms with Crippen molar-refractivity contribution >= 4 is 16.8 Å². The molecule has 0 unspecified atom stereocenters. The molecule has 0 bridgehead atoms. The molecule has 0 aliphatic carbocycles. The van der Waals surface area contributed by atoms with Crippen molar-refractivity contribution in [1.29, 1.82) is 0 Å². The van der Waals surface area contributed by atoms with Crippen LogP contribution >= 0.6 is 11.6 Å². The summed E-state index contributed by atoms with van der Waals surface area (Å²) in [5, 5.41) is -0.445. The topological polar surface area (TPSA) is 26.3 Å². The molecule has 0 aromatic heterocycles. The maximum absolute atomic E-state index is 10.9. The average Bonchev–Trinajstić information content (AvgIpc) is 2.48. The molecule has 0 saturated carbocycles. The quantitative estimate of drug-likeness (QED) is 0.555. The third kappa shape index (κ3) is 4.71. The highest BCUT2D eigenvalue weighted by molar-refractivity contribution is 6.67. The summed E-state index contributed by atoms with van der Waals surface area (Å²) >= 11 is 5.38. The van der Waals surface area contributed by atoms with Crippen molar-refractivity contribution in [3.8, 4) is 5.75 Å². The third-order valence-electron chi connectivity index (χ3n) is 3.05. The van der Waals surface area contributed by atoms with Crippen molar-refractivity contribution in [3.63, 3.8) is 0 Å². The molecule has 2 aromatic rings. The Kier molecular flexibility index (Phi) is 5.63. The molecule has 20 heavy (non-hydrogen) atoms. The van der Waals surface area contributed by atoms with E-state index in [1.54, 1.807) is 24.3 Å². The molecule has 2 rings (SSSR count). The largest absolute Gasteiger partial charge is 0.494 e. The van der Waals surface area contributed by atoms with Gasteiger partial charge < -0.3 is 4.74 Å². The molecule has 0 spiro atoms. The first-order chi connectivity index (χ1) is 9.75. The molecule has 0 aliphatic rings. The normalized spacial score (nSPS) is 10.2. The lowest BCUT2D eigenvalue weighted by Gasteiger charge is -2.06. The first-order valence-corrected chi connectivity index (χ1v) is 7.10. The fourth-order valence-corrected chi connectivity index (χ4v) is 2.07. The summed E-state index contributed by atoms with van der Waals surface area (Å²) in [7, 11) is 0. The predicted molar refractivity (Wildman–Crippen MR) is 81.5 cm³/mol. The molecule has 0 saturated heterocycles. The van der Waals surface area contributed by atoms with Crippen LogP contribution in [0.15, 0.2) is 54.6 Å². The van der Waals surface area contributed by atoms with Gasteiger partial charge in [-0.25, -0.2) is 0 Å². The summed E-state index contributed by atoms with van der Waals surface area (Å²) in [6.45, 7) is 0.682. The number of carbonyl (C=O) groups is 1. The molecule has 0 N–H and O–H groups in total. The van der Waals surface area contributed by atoms with Gasteiger partial charge in [0.1, 0.15) is 5.75 Å². The fraction of sp³-hybridized carbons (Fsp3) is 0.235. The van der Waals surface area contributed by atoms with Crippen LogP contribution in [-0.2, 0) is 6.42 Å². The van der Waals surface area contributed by atoms with Gasteiger partial charge in [0, 0.05) is 5.56 Å². The van der Waals surface area contributed by atoms with E-state index in [9.17, 15) is 4.79 Å². The Morgan fingerprint density at radius 1 is 0.950 bits per heavy atom. The Morgan fingerprint density at radius 2 is 1.65 bits per heavy atom. The van der Waals surface area contributed by atoms with Crippen LogP contribution < -0.4 is 4.74 Å². The van der Waals surface area contributed by atoms with Gasteiger partial charge in [-0.2, -0.15) is 0 Å². The van der Waals surface area contributed by atoms with Crippen LogP contribution in [0.5, 0.6) is 5.75 Å². The monoisotopic (exact) mass is 288 g/mol. The van der Waals surface area contributed by atoms with Crippen molar-refractivity contribution in [2.24, 2.45) is 0 Å². The Labute approximate surface area is 124 Å². The van der Waals surface area contributed by atoms with E-state index in [0.29, 0.717) is 12.2 Å². The van der Waals surface area contributed by atoms with E-state index < -0.39 is 5.24 Å². The standard InChI is InChI=1S/C17H17ClO2/c18-17(19)15-9-11-16(12-10-15)20-13-5-4-8-14-6-2-1-3-7-14/h1-3,6-7,9-12H,4-5,8,13H2. The number of hydrogen-bond donors (Lipinski definition) is 0. The SMILES string of the molecule is O=C(Cl)c1ccc(OCCCCc2ccccc2)cc1. The van der Waals surface area contributed by atoms with Crippen LogP contribution in [0.25, 0.3) is 0 Å². The van der Waals surface area contributed by atoms with Crippen molar-refractivity contribution in [3.05, 3.63) is 65.7 Å². The summed E-state index contributed by atoms with van der Waals surface area (Å²) in [5.41, 5.74) is 1.85. The number of aryl methyl sites for hydroxylation is 1. The van der Waals surface area contributed by atoms with Crippen LogP contribution in [0.4, 0.5) is 0 Å². The van der Waals surface area contributed by atoms with E-state index in [2.05, 4.69) is 24.3 Å². The van der Waals surface area contributed by atoms with Crippen LogP contribution in [-0.4, -0.2) is 11.8 Å². The van der Waals surface area contributed by atoms with Crippen molar-refractivity contribution in [1.82, 2.24) is 0 Å². The molecule has 0 amide bonds. The zero-order valence-corrected chi connectivity index (χ0v) is 12.0. The number of halogens is 1. The number of rotatable bonds is 7. The van der Waals surface area contributed by atoms with Crippen LogP contribution in [0.1, 0.15) is 28.8 Å². The first-order valence-electron chi connectivity index (χ1n) is 6.72. The molecular weight excluding hydrogens is 272 g/mol. The van der Waals surface area contributed by atoms with E-state index in [1.165, 1.54) is 5.56 Å². The zero-order valence-electron chi connectivity index (χ0n) is 11.2. The minimum absolute atomic E-state index is 0.445. The Balaban J connectivity index is 1.67. The maximum atomic E-state index is 10.9. The number of carbonyl (C=O) groups excluding carboxylic acids is 1. The lowest BCUT2D eigenvalue weighted by Crippen LogP contribution is -1.98. The Hall–Kier alpha value is -1.80. The molecule has 0 heterocycles. The summed E-state index contributed by atoms with van der Waals surface area (Å²) < 4.78 is 5.62. The molecule has 0 atom stereocenters. The van der Waals surface area contributed by atoms with Crippen molar-refractivity contribution in [2.45, 2.75) is 19.3 Å². The molecule has 0 fully saturated rings. The van der Waals surface area contributed by atoms with Gasteiger partial charge in [0.25, 0.3) is 5.24 Å². The molecule has 0 aliphatic heterocycles.